The first-order valence-electron chi connectivity index (χ1n) is 7.34. The number of rotatable bonds is 7. The fraction of sp³-hybridized carbons (Fsp3) is 0.333. The van der Waals surface area contributed by atoms with E-state index in [1.54, 1.807) is 0 Å². The molecule has 0 aromatic heterocycles. The van der Waals surface area contributed by atoms with E-state index >= 15 is 0 Å². The van der Waals surface area contributed by atoms with Crippen molar-refractivity contribution in [1.29, 1.82) is 0 Å². The molecule has 0 saturated carbocycles. The molecule has 106 valence electrons. The molecule has 0 saturated heterocycles. The highest BCUT2D eigenvalue weighted by atomic mass is 15.1. The summed E-state index contributed by atoms with van der Waals surface area (Å²) in [4.78, 5) is 2.31. The smallest absolute Gasteiger partial charge is 0.0363 e. The maximum atomic E-state index is 3.35. The van der Waals surface area contributed by atoms with Crippen LogP contribution in [0.25, 0.3) is 0 Å². The van der Waals surface area contributed by atoms with E-state index in [1.807, 2.05) is 0 Å². The lowest BCUT2D eigenvalue weighted by Crippen LogP contribution is -2.20. The van der Waals surface area contributed by atoms with Crippen LogP contribution in [-0.4, -0.2) is 20.1 Å². The Morgan fingerprint density at radius 2 is 1.60 bits per heavy atom. The summed E-state index contributed by atoms with van der Waals surface area (Å²) in [5, 5.41) is 3.35. The van der Waals surface area contributed by atoms with E-state index in [9.17, 15) is 0 Å². The maximum absolute atomic E-state index is 3.35. The summed E-state index contributed by atoms with van der Waals surface area (Å²) >= 11 is 0. The number of nitrogens with zero attached hydrogens (tertiary/aromatic N) is 1. The standard InChI is InChI=1S/C18H24N2/c1-3-19-15-17-9-11-18(12-10-17)20(2)14-13-16-7-5-4-6-8-16/h4-12,19H,3,13-15H2,1-2H3. The fourth-order valence-corrected chi connectivity index (χ4v) is 2.21. The largest absolute Gasteiger partial charge is 0.374 e. The third kappa shape index (κ3) is 4.39. The molecule has 2 aromatic rings. The Hall–Kier alpha value is -1.80. The molecule has 2 aromatic carbocycles. The molecule has 0 aliphatic heterocycles. The molecule has 2 rings (SSSR count). The van der Waals surface area contributed by atoms with E-state index in [0.717, 1.165) is 26.1 Å². The average Bonchev–Trinajstić information content (AvgIpc) is 2.52. The molecule has 20 heavy (non-hydrogen) atoms. The van der Waals surface area contributed by atoms with Crippen molar-refractivity contribution in [2.75, 3.05) is 25.0 Å². The Morgan fingerprint density at radius 3 is 2.25 bits per heavy atom. The lowest BCUT2D eigenvalue weighted by Gasteiger charge is -2.19. The van der Waals surface area contributed by atoms with Gasteiger partial charge in [-0.1, -0.05) is 49.4 Å². The Labute approximate surface area is 122 Å². The molecule has 0 spiro atoms. The van der Waals surface area contributed by atoms with Crippen molar-refractivity contribution in [3.8, 4) is 0 Å². The topological polar surface area (TPSA) is 15.3 Å². The molecule has 0 atom stereocenters. The molecule has 0 aliphatic rings. The Bertz CT molecular complexity index is 491. The lowest BCUT2D eigenvalue weighted by atomic mass is 10.1. The quantitative estimate of drug-likeness (QED) is 0.827. The molecule has 1 N–H and O–H groups in total. The summed E-state index contributed by atoms with van der Waals surface area (Å²) < 4.78 is 0. The zero-order valence-electron chi connectivity index (χ0n) is 12.5. The predicted molar refractivity (Wildman–Crippen MR) is 87.2 cm³/mol. The van der Waals surface area contributed by atoms with Crippen molar-refractivity contribution in [3.05, 3.63) is 65.7 Å². The summed E-state index contributed by atoms with van der Waals surface area (Å²) in [6.45, 7) is 5.13. The number of hydrogen-bond donors (Lipinski definition) is 1. The maximum Gasteiger partial charge on any atom is 0.0363 e. The first-order valence-corrected chi connectivity index (χ1v) is 7.34. The monoisotopic (exact) mass is 268 g/mol. The second-order valence-electron chi connectivity index (χ2n) is 5.10. The van der Waals surface area contributed by atoms with E-state index in [-0.39, 0.29) is 0 Å². The summed E-state index contributed by atoms with van der Waals surface area (Å²) in [5.41, 5.74) is 4.01. The third-order valence-corrected chi connectivity index (χ3v) is 3.53. The van der Waals surface area contributed by atoms with Gasteiger partial charge in [-0.15, -0.1) is 0 Å². The molecular weight excluding hydrogens is 244 g/mol. The van der Waals surface area contributed by atoms with E-state index in [0.29, 0.717) is 0 Å². The predicted octanol–water partition coefficient (Wildman–Crippen LogP) is 3.48. The van der Waals surface area contributed by atoms with Crippen molar-refractivity contribution < 1.29 is 0 Å². The summed E-state index contributed by atoms with van der Waals surface area (Å²) in [5.74, 6) is 0. The van der Waals surface area contributed by atoms with E-state index in [2.05, 4.69) is 78.8 Å². The highest BCUT2D eigenvalue weighted by Crippen LogP contribution is 2.14. The van der Waals surface area contributed by atoms with Gasteiger partial charge in [0, 0.05) is 25.8 Å². The molecule has 0 heterocycles. The molecule has 0 bridgehead atoms. The molecule has 0 fully saturated rings. The summed E-state index contributed by atoms with van der Waals surface area (Å²) in [6.07, 6.45) is 1.08. The average molecular weight is 268 g/mol. The highest BCUT2D eigenvalue weighted by Gasteiger charge is 2.01. The van der Waals surface area contributed by atoms with E-state index < -0.39 is 0 Å². The van der Waals surface area contributed by atoms with Crippen LogP contribution in [0.3, 0.4) is 0 Å². The van der Waals surface area contributed by atoms with Crippen molar-refractivity contribution in [2.24, 2.45) is 0 Å². The van der Waals surface area contributed by atoms with Crippen LogP contribution in [0.1, 0.15) is 18.1 Å². The Balaban J connectivity index is 1.87. The van der Waals surface area contributed by atoms with Gasteiger partial charge in [0.2, 0.25) is 0 Å². The third-order valence-electron chi connectivity index (χ3n) is 3.53. The van der Waals surface area contributed by atoms with Gasteiger partial charge >= 0.3 is 0 Å². The first kappa shape index (κ1) is 14.6. The van der Waals surface area contributed by atoms with Crippen molar-refractivity contribution in [2.45, 2.75) is 19.9 Å². The molecular formula is C18H24N2. The van der Waals surface area contributed by atoms with Gasteiger partial charge in [0.1, 0.15) is 0 Å². The van der Waals surface area contributed by atoms with Crippen LogP contribution in [-0.2, 0) is 13.0 Å². The van der Waals surface area contributed by atoms with Crippen LogP contribution in [0.2, 0.25) is 0 Å². The second kappa shape index (κ2) is 7.71. The second-order valence-corrected chi connectivity index (χ2v) is 5.10. The zero-order chi connectivity index (χ0) is 14.2. The lowest BCUT2D eigenvalue weighted by molar-refractivity contribution is 0.726. The zero-order valence-corrected chi connectivity index (χ0v) is 12.5. The molecule has 0 radical (unpaired) electrons. The van der Waals surface area contributed by atoms with Crippen LogP contribution in [0.15, 0.2) is 54.6 Å². The van der Waals surface area contributed by atoms with Gasteiger partial charge in [0.15, 0.2) is 0 Å². The Kier molecular flexibility index (Phi) is 5.63. The van der Waals surface area contributed by atoms with Crippen molar-refractivity contribution in [1.82, 2.24) is 5.32 Å². The summed E-state index contributed by atoms with van der Waals surface area (Å²) in [7, 11) is 2.15. The molecule has 2 nitrogen and oxygen atoms in total. The number of nitrogens with one attached hydrogen (secondary N) is 1. The van der Waals surface area contributed by atoms with Crippen LogP contribution < -0.4 is 10.2 Å². The number of likely N-dealkylation sites (N-methyl/N-ethyl adjacent to an activating group) is 1. The van der Waals surface area contributed by atoms with Crippen molar-refractivity contribution >= 4 is 5.69 Å². The fourth-order valence-electron chi connectivity index (χ4n) is 2.21. The van der Waals surface area contributed by atoms with Gasteiger partial charge in [0.05, 0.1) is 0 Å². The van der Waals surface area contributed by atoms with Gasteiger partial charge in [-0.25, -0.2) is 0 Å². The molecule has 0 unspecified atom stereocenters. The summed E-state index contributed by atoms with van der Waals surface area (Å²) in [6, 6.07) is 19.5. The first-order chi connectivity index (χ1) is 9.79. The molecule has 2 heteroatoms. The number of hydrogen-bond acceptors (Lipinski definition) is 2. The minimum absolute atomic E-state index is 0.949. The van der Waals surface area contributed by atoms with Crippen LogP contribution >= 0.6 is 0 Å². The molecule has 0 aliphatic carbocycles. The van der Waals surface area contributed by atoms with E-state index in [1.165, 1.54) is 16.8 Å². The van der Waals surface area contributed by atoms with Gasteiger partial charge in [-0.3, -0.25) is 0 Å². The van der Waals surface area contributed by atoms with E-state index in [4.69, 9.17) is 0 Å². The van der Waals surface area contributed by atoms with Gasteiger partial charge in [-0.05, 0) is 36.2 Å². The minimum Gasteiger partial charge on any atom is -0.374 e. The Morgan fingerprint density at radius 1 is 0.900 bits per heavy atom. The molecule has 0 amide bonds. The minimum atomic E-state index is 0.949. The highest BCUT2D eigenvalue weighted by molar-refractivity contribution is 5.47. The SMILES string of the molecule is CCNCc1ccc(N(C)CCc2ccccc2)cc1. The van der Waals surface area contributed by atoms with Gasteiger partial charge in [-0.2, -0.15) is 0 Å². The number of anilines is 1. The van der Waals surface area contributed by atoms with Gasteiger partial charge < -0.3 is 10.2 Å². The van der Waals surface area contributed by atoms with Crippen LogP contribution in [0, 0.1) is 0 Å². The van der Waals surface area contributed by atoms with Crippen LogP contribution in [0.5, 0.6) is 0 Å². The van der Waals surface area contributed by atoms with Gasteiger partial charge in [0.25, 0.3) is 0 Å². The normalized spacial score (nSPS) is 10.5. The number of benzene rings is 2. The van der Waals surface area contributed by atoms with Crippen molar-refractivity contribution in [3.63, 3.8) is 0 Å². The van der Waals surface area contributed by atoms with Crippen LogP contribution in [0.4, 0.5) is 5.69 Å².